The Morgan fingerprint density at radius 3 is 2.52 bits per heavy atom. The molecule has 0 aliphatic rings. The molecule has 0 aliphatic carbocycles. The fourth-order valence-electron chi connectivity index (χ4n) is 2.64. The van der Waals surface area contributed by atoms with Crippen molar-refractivity contribution in [2.75, 3.05) is 5.32 Å². The zero-order valence-corrected chi connectivity index (χ0v) is 14.7. The van der Waals surface area contributed by atoms with Crippen LogP contribution in [0.4, 0.5) is 5.69 Å². The highest BCUT2D eigenvalue weighted by atomic mass is 79.9. The molecular formula is C20H13BrN2O2. The van der Waals surface area contributed by atoms with Gasteiger partial charge < -0.3 is 9.84 Å². The van der Waals surface area contributed by atoms with Gasteiger partial charge in [0.25, 0.3) is 5.91 Å². The lowest BCUT2D eigenvalue weighted by Gasteiger charge is -2.07. The maximum Gasteiger partial charge on any atom is 0.255 e. The van der Waals surface area contributed by atoms with Crippen LogP contribution in [-0.4, -0.2) is 11.1 Å². The smallest absolute Gasteiger partial charge is 0.255 e. The van der Waals surface area contributed by atoms with Crippen molar-refractivity contribution < 1.29 is 9.32 Å². The summed E-state index contributed by atoms with van der Waals surface area (Å²) in [6, 6.07) is 22.6. The van der Waals surface area contributed by atoms with Crippen molar-refractivity contribution in [2.24, 2.45) is 0 Å². The van der Waals surface area contributed by atoms with Crippen LogP contribution in [0.3, 0.4) is 0 Å². The van der Waals surface area contributed by atoms with E-state index in [1.54, 1.807) is 18.2 Å². The molecule has 122 valence electrons. The summed E-state index contributed by atoms with van der Waals surface area (Å²) in [5, 5.41) is 7.80. The summed E-state index contributed by atoms with van der Waals surface area (Å²) in [5.41, 5.74) is 2.91. The molecule has 0 saturated heterocycles. The molecule has 1 aromatic heterocycles. The third-order valence-electron chi connectivity index (χ3n) is 3.90. The number of anilines is 1. The molecule has 0 atom stereocenters. The Kier molecular flexibility index (Phi) is 4.07. The van der Waals surface area contributed by atoms with Gasteiger partial charge in [-0.3, -0.25) is 4.79 Å². The zero-order valence-electron chi connectivity index (χ0n) is 13.1. The number of hydrogen-bond donors (Lipinski definition) is 1. The van der Waals surface area contributed by atoms with Gasteiger partial charge in [0, 0.05) is 15.6 Å². The maximum absolute atomic E-state index is 12.6. The number of amides is 1. The van der Waals surface area contributed by atoms with Gasteiger partial charge in [0.2, 0.25) is 0 Å². The Hall–Kier alpha value is -2.92. The average molecular weight is 393 g/mol. The van der Waals surface area contributed by atoms with Gasteiger partial charge in [0.05, 0.1) is 11.1 Å². The van der Waals surface area contributed by atoms with Crippen LogP contribution in [0.2, 0.25) is 0 Å². The van der Waals surface area contributed by atoms with Crippen molar-refractivity contribution in [3.8, 4) is 11.3 Å². The second-order valence-electron chi connectivity index (χ2n) is 5.54. The second-order valence-corrected chi connectivity index (χ2v) is 6.40. The first-order chi connectivity index (χ1) is 12.2. The number of fused-ring (bicyclic) bond motifs is 1. The van der Waals surface area contributed by atoms with Crippen molar-refractivity contribution in [3.63, 3.8) is 0 Å². The highest BCUT2D eigenvalue weighted by Crippen LogP contribution is 2.29. The number of hydrogen-bond acceptors (Lipinski definition) is 3. The molecule has 4 nitrogen and oxygen atoms in total. The van der Waals surface area contributed by atoms with Gasteiger partial charge in [-0.25, -0.2) is 0 Å². The Bertz CT molecular complexity index is 1060. The first-order valence-corrected chi connectivity index (χ1v) is 8.52. The van der Waals surface area contributed by atoms with E-state index < -0.39 is 0 Å². The van der Waals surface area contributed by atoms with E-state index in [0.717, 1.165) is 26.6 Å². The zero-order chi connectivity index (χ0) is 17.2. The van der Waals surface area contributed by atoms with Crippen LogP contribution >= 0.6 is 15.9 Å². The Morgan fingerprint density at radius 1 is 0.960 bits per heavy atom. The van der Waals surface area contributed by atoms with Gasteiger partial charge >= 0.3 is 0 Å². The number of rotatable bonds is 3. The first-order valence-electron chi connectivity index (χ1n) is 7.73. The minimum absolute atomic E-state index is 0.186. The van der Waals surface area contributed by atoms with E-state index in [4.69, 9.17) is 4.52 Å². The van der Waals surface area contributed by atoms with Gasteiger partial charge in [-0.05, 0) is 46.3 Å². The standard InChI is InChI=1S/C20H13BrN2O2/c21-16-8-4-5-9-18(16)22-20(24)14-10-11-17-15(12-14)19(25-23-17)13-6-2-1-3-7-13/h1-12H,(H,22,24). The highest BCUT2D eigenvalue weighted by Gasteiger charge is 2.14. The Morgan fingerprint density at radius 2 is 1.72 bits per heavy atom. The predicted octanol–water partition coefficient (Wildman–Crippen LogP) is 5.51. The molecule has 0 saturated carbocycles. The summed E-state index contributed by atoms with van der Waals surface area (Å²) in [4.78, 5) is 12.6. The first kappa shape index (κ1) is 15.6. The Balaban J connectivity index is 1.71. The molecular weight excluding hydrogens is 380 g/mol. The number of carbonyl (C=O) groups is 1. The molecule has 0 aliphatic heterocycles. The maximum atomic E-state index is 12.6. The quantitative estimate of drug-likeness (QED) is 0.499. The predicted molar refractivity (Wildman–Crippen MR) is 102 cm³/mol. The monoisotopic (exact) mass is 392 g/mol. The third kappa shape index (κ3) is 3.06. The van der Waals surface area contributed by atoms with Crippen LogP contribution in [0.15, 0.2) is 81.8 Å². The summed E-state index contributed by atoms with van der Waals surface area (Å²) in [5.74, 6) is 0.472. The molecule has 1 amide bonds. The molecule has 5 heteroatoms. The van der Waals surface area contributed by atoms with E-state index in [9.17, 15) is 4.79 Å². The van der Waals surface area contributed by atoms with E-state index in [1.807, 2.05) is 54.6 Å². The number of nitrogens with zero attached hydrogens (tertiary/aromatic N) is 1. The van der Waals surface area contributed by atoms with Gasteiger partial charge in [-0.1, -0.05) is 47.6 Å². The minimum atomic E-state index is -0.186. The molecule has 4 rings (SSSR count). The molecule has 25 heavy (non-hydrogen) atoms. The molecule has 1 N–H and O–H groups in total. The molecule has 4 aromatic rings. The van der Waals surface area contributed by atoms with E-state index in [-0.39, 0.29) is 5.91 Å². The van der Waals surface area contributed by atoms with E-state index in [2.05, 4.69) is 26.4 Å². The second kappa shape index (κ2) is 6.53. The van der Waals surface area contributed by atoms with E-state index in [0.29, 0.717) is 11.3 Å². The fraction of sp³-hybridized carbons (Fsp3) is 0. The number of carbonyl (C=O) groups excluding carboxylic acids is 1. The minimum Gasteiger partial charge on any atom is -0.355 e. The molecule has 0 radical (unpaired) electrons. The topological polar surface area (TPSA) is 55.1 Å². The number of halogens is 1. The van der Waals surface area contributed by atoms with Gasteiger partial charge in [-0.2, -0.15) is 0 Å². The number of nitrogens with one attached hydrogen (secondary N) is 1. The SMILES string of the molecule is O=C(Nc1ccccc1Br)c1ccc2noc(-c3ccccc3)c2c1. The van der Waals surface area contributed by atoms with Crippen molar-refractivity contribution >= 4 is 38.4 Å². The van der Waals surface area contributed by atoms with Crippen molar-refractivity contribution in [1.82, 2.24) is 5.16 Å². The fourth-order valence-corrected chi connectivity index (χ4v) is 3.02. The third-order valence-corrected chi connectivity index (χ3v) is 4.59. The van der Waals surface area contributed by atoms with Crippen LogP contribution in [0.25, 0.3) is 22.2 Å². The average Bonchev–Trinajstić information content (AvgIpc) is 3.07. The largest absolute Gasteiger partial charge is 0.355 e. The van der Waals surface area contributed by atoms with Crippen LogP contribution in [0, 0.1) is 0 Å². The Labute approximate surface area is 152 Å². The lowest BCUT2D eigenvalue weighted by atomic mass is 10.1. The van der Waals surface area contributed by atoms with Crippen LogP contribution in [0.1, 0.15) is 10.4 Å². The number of para-hydroxylation sites is 1. The summed E-state index contributed by atoms with van der Waals surface area (Å²) < 4.78 is 6.32. The van der Waals surface area contributed by atoms with Crippen LogP contribution in [0.5, 0.6) is 0 Å². The summed E-state index contributed by atoms with van der Waals surface area (Å²) in [7, 11) is 0. The molecule has 0 fully saturated rings. The number of benzene rings is 3. The van der Waals surface area contributed by atoms with E-state index >= 15 is 0 Å². The van der Waals surface area contributed by atoms with Gasteiger partial charge in [0.1, 0.15) is 5.52 Å². The van der Waals surface area contributed by atoms with E-state index in [1.165, 1.54) is 0 Å². The van der Waals surface area contributed by atoms with Gasteiger partial charge in [-0.15, -0.1) is 0 Å². The van der Waals surface area contributed by atoms with Crippen molar-refractivity contribution in [3.05, 3.63) is 82.8 Å². The summed E-state index contributed by atoms with van der Waals surface area (Å²) >= 11 is 3.43. The number of aromatic nitrogens is 1. The van der Waals surface area contributed by atoms with Crippen molar-refractivity contribution in [1.29, 1.82) is 0 Å². The summed E-state index contributed by atoms with van der Waals surface area (Å²) in [6.45, 7) is 0. The van der Waals surface area contributed by atoms with Gasteiger partial charge in [0.15, 0.2) is 5.76 Å². The molecule has 3 aromatic carbocycles. The lowest BCUT2D eigenvalue weighted by Crippen LogP contribution is -2.12. The molecule has 0 spiro atoms. The molecule has 1 heterocycles. The van der Waals surface area contributed by atoms with Crippen LogP contribution < -0.4 is 5.32 Å². The highest BCUT2D eigenvalue weighted by molar-refractivity contribution is 9.10. The summed E-state index contributed by atoms with van der Waals surface area (Å²) in [6.07, 6.45) is 0. The lowest BCUT2D eigenvalue weighted by molar-refractivity contribution is 0.102. The molecule has 0 unspecified atom stereocenters. The molecule has 0 bridgehead atoms. The van der Waals surface area contributed by atoms with Crippen molar-refractivity contribution in [2.45, 2.75) is 0 Å². The van der Waals surface area contributed by atoms with Crippen LogP contribution in [-0.2, 0) is 0 Å². The normalized spacial score (nSPS) is 10.8.